The van der Waals surface area contributed by atoms with Crippen LogP contribution in [0.25, 0.3) is 0 Å². The van der Waals surface area contributed by atoms with Crippen molar-refractivity contribution < 1.29 is 4.74 Å². The van der Waals surface area contributed by atoms with E-state index >= 15 is 0 Å². The van der Waals surface area contributed by atoms with Gasteiger partial charge in [-0.15, -0.1) is 0 Å². The molecule has 4 rings (SSSR count). The summed E-state index contributed by atoms with van der Waals surface area (Å²) in [5, 5.41) is 8.74. The molecule has 3 aromatic rings. The molecule has 1 aromatic heterocycles. The number of rotatable bonds is 6. The van der Waals surface area contributed by atoms with Crippen molar-refractivity contribution in [2.75, 3.05) is 41.9 Å². The molecule has 154 valence electrons. The molecule has 0 saturated carbocycles. The van der Waals surface area contributed by atoms with Gasteiger partial charge >= 0.3 is 0 Å². The molecule has 0 atom stereocenters. The number of nitrogens with zero attached hydrogens (tertiary/aromatic N) is 5. The molecule has 0 aliphatic carbocycles. The lowest BCUT2D eigenvalue weighted by molar-refractivity contribution is 0.122. The third-order valence-corrected chi connectivity index (χ3v) is 4.77. The molecule has 0 bridgehead atoms. The van der Waals surface area contributed by atoms with Crippen LogP contribution in [0.1, 0.15) is 5.56 Å². The maximum absolute atomic E-state index is 5.96. The lowest BCUT2D eigenvalue weighted by Gasteiger charge is -2.27. The van der Waals surface area contributed by atoms with Crippen LogP contribution in [-0.4, -0.2) is 47.5 Å². The quantitative estimate of drug-likeness (QED) is 0.435. The summed E-state index contributed by atoms with van der Waals surface area (Å²) < 4.78 is 5.42. The summed E-state index contributed by atoms with van der Waals surface area (Å²) in [6, 6.07) is 14.6. The molecule has 0 spiro atoms. The molecule has 2 N–H and O–H groups in total. The number of halogens is 2. The predicted octanol–water partition coefficient (Wildman–Crippen LogP) is 4.20. The van der Waals surface area contributed by atoms with Gasteiger partial charge in [-0.3, -0.25) is 0 Å². The van der Waals surface area contributed by atoms with E-state index in [0.717, 1.165) is 11.3 Å². The summed E-state index contributed by atoms with van der Waals surface area (Å²) in [6.45, 7) is 2.67. The van der Waals surface area contributed by atoms with Gasteiger partial charge in [0.15, 0.2) is 0 Å². The van der Waals surface area contributed by atoms with Gasteiger partial charge in [0.2, 0.25) is 17.8 Å². The number of benzene rings is 2. The first-order valence-corrected chi connectivity index (χ1v) is 10.1. The van der Waals surface area contributed by atoms with Crippen molar-refractivity contribution in [3.8, 4) is 0 Å². The van der Waals surface area contributed by atoms with Gasteiger partial charge in [-0.1, -0.05) is 35.3 Å². The van der Waals surface area contributed by atoms with Gasteiger partial charge in [0.05, 0.1) is 19.4 Å². The van der Waals surface area contributed by atoms with Crippen molar-refractivity contribution >= 4 is 52.9 Å². The fourth-order valence-electron chi connectivity index (χ4n) is 2.75. The van der Waals surface area contributed by atoms with E-state index in [1.165, 1.54) is 0 Å². The Labute approximate surface area is 183 Å². The Kier molecular flexibility index (Phi) is 6.58. The molecule has 30 heavy (non-hydrogen) atoms. The van der Waals surface area contributed by atoms with Gasteiger partial charge < -0.3 is 15.0 Å². The number of hydrogen-bond donors (Lipinski definition) is 2. The average molecular weight is 444 g/mol. The number of hydrazone groups is 1. The number of aromatic nitrogens is 3. The molecular formula is C20H19Cl2N7O. The summed E-state index contributed by atoms with van der Waals surface area (Å²) in [4.78, 5) is 15.5. The first-order chi connectivity index (χ1) is 14.7. The molecular weight excluding hydrogens is 425 g/mol. The zero-order chi connectivity index (χ0) is 20.8. The Hall–Kier alpha value is -2.94. The van der Waals surface area contributed by atoms with Crippen LogP contribution in [0.2, 0.25) is 10.0 Å². The Bertz CT molecular complexity index is 1010. The number of ether oxygens (including phenoxy) is 1. The Morgan fingerprint density at radius 3 is 2.20 bits per heavy atom. The van der Waals surface area contributed by atoms with Crippen molar-refractivity contribution in [1.29, 1.82) is 0 Å². The molecule has 0 amide bonds. The second-order valence-electron chi connectivity index (χ2n) is 6.44. The summed E-state index contributed by atoms with van der Waals surface area (Å²) in [5.41, 5.74) is 4.59. The van der Waals surface area contributed by atoms with Crippen LogP contribution in [0.4, 0.5) is 23.5 Å². The smallest absolute Gasteiger partial charge is 0.250 e. The fourth-order valence-corrected chi connectivity index (χ4v) is 3.00. The standard InChI is InChI=1S/C20H19Cl2N7O/c21-15-3-1-14(2-4-15)13-23-28-19-25-18(24-17-7-5-16(22)6-8-17)26-20(27-19)29-9-11-30-12-10-29/h1-8,13H,9-12H2,(H2,24,25,26,27,28)/b23-13+. The van der Waals surface area contributed by atoms with Crippen molar-refractivity contribution in [3.63, 3.8) is 0 Å². The molecule has 2 heterocycles. The predicted molar refractivity (Wildman–Crippen MR) is 120 cm³/mol. The zero-order valence-electron chi connectivity index (χ0n) is 15.9. The highest BCUT2D eigenvalue weighted by atomic mass is 35.5. The van der Waals surface area contributed by atoms with Gasteiger partial charge in [-0.2, -0.15) is 20.1 Å². The van der Waals surface area contributed by atoms with Crippen LogP contribution < -0.4 is 15.6 Å². The van der Waals surface area contributed by atoms with Crippen LogP contribution in [0.15, 0.2) is 53.6 Å². The molecule has 1 fully saturated rings. The summed E-state index contributed by atoms with van der Waals surface area (Å²) in [5.74, 6) is 1.28. The summed E-state index contributed by atoms with van der Waals surface area (Å²) in [7, 11) is 0. The van der Waals surface area contributed by atoms with Crippen LogP contribution in [0, 0.1) is 0 Å². The highest BCUT2D eigenvalue weighted by Gasteiger charge is 2.16. The van der Waals surface area contributed by atoms with E-state index in [9.17, 15) is 0 Å². The molecule has 0 unspecified atom stereocenters. The molecule has 10 heteroatoms. The van der Waals surface area contributed by atoms with Crippen molar-refractivity contribution in [1.82, 2.24) is 15.0 Å². The number of morpholine rings is 1. The Balaban J connectivity index is 1.55. The topological polar surface area (TPSA) is 87.6 Å². The zero-order valence-corrected chi connectivity index (χ0v) is 17.4. The van der Waals surface area contributed by atoms with Crippen LogP contribution in [0.3, 0.4) is 0 Å². The van der Waals surface area contributed by atoms with Gasteiger partial charge in [-0.25, -0.2) is 5.43 Å². The second kappa shape index (κ2) is 9.71. The fraction of sp³-hybridized carbons (Fsp3) is 0.200. The van der Waals surface area contributed by atoms with E-state index < -0.39 is 0 Å². The minimum absolute atomic E-state index is 0.327. The normalized spacial score (nSPS) is 14.1. The monoisotopic (exact) mass is 443 g/mol. The van der Waals surface area contributed by atoms with E-state index in [2.05, 4.69) is 30.8 Å². The third kappa shape index (κ3) is 5.56. The summed E-state index contributed by atoms with van der Waals surface area (Å²) >= 11 is 11.9. The number of hydrogen-bond acceptors (Lipinski definition) is 8. The molecule has 1 aliphatic rings. The van der Waals surface area contributed by atoms with E-state index in [0.29, 0.717) is 54.2 Å². The van der Waals surface area contributed by atoms with Gasteiger partial charge in [0.1, 0.15) is 0 Å². The summed E-state index contributed by atoms with van der Waals surface area (Å²) in [6.07, 6.45) is 1.67. The van der Waals surface area contributed by atoms with Crippen molar-refractivity contribution in [2.24, 2.45) is 5.10 Å². The van der Waals surface area contributed by atoms with Gasteiger partial charge in [-0.05, 0) is 42.0 Å². The van der Waals surface area contributed by atoms with E-state index in [4.69, 9.17) is 27.9 Å². The third-order valence-electron chi connectivity index (χ3n) is 4.27. The molecule has 1 saturated heterocycles. The Morgan fingerprint density at radius 1 is 0.867 bits per heavy atom. The highest BCUT2D eigenvalue weighted by molar-refractivity contribution is 6.30. The van der Waals surface area contributed by atoms with Crippen LogP contribution in [-0.2, 0) is 4.74 Å². The molecule has 2 aromatic carbocycles. The highest BCUT2D eigenvalue weighted by Crippen LogP contribution is 2.20. The van der Waals surface area contributed by atoms with E-state index in [1.54, 1.807) is 30.5 Å². The maximum Gasteiger partial charge on any atom is 0.250 e. The molecule has 0 radical (unpaired) electrons. The largest absolute Gasteiger partial charge is 0.378 e. The number of nitrogens with one attached hydrogen (secondary N) is 2. The number of anilines is 4. The minimum Gasteiger partial charge on any atom is -0.378 e. The Morgan fingerprint density at radius 2 is 1.50 bits per heavy atom. The van der Waals surface area contributed by atoms with Gasteiger partial charge in [0, 0.05) is 28.8 Å². The van der Waals surface area contributed by atoms with Crippen LogP contribution >= 0.6 is 23.2 Å². The lowest BCUT2D eigenvalue weighted by atomic mass is 10.2. The van der Waals surface area contributed by atoms with Crippen molar-refractivity contribution in [2.45, 2.75) is 0 Å². The molecule has 1 aliphatic heterocycles. The first kappa shape index (κ1) is 20.3. The maximum atomic E-state index is 5.96. The van der Waals surface area contributed by atoms with E-state index in [-0.39, 0.29) is 0 Å². The van der Waals surface area contributed by atoms with E-state index in [1.807, 2.05) is 29.2 Å². The lowest BCUT2D eigenvalue weighted by Crippen LogP contribution is -2.37. The van der Waals surface area contributed by atoms with Crippen LogP contribution in [0.5, 0.6) is 0 Å². The van der Waals surface area contributed by atoms with Crippen molar-refractivity contribution in [3.05, 3.63) is 64.1 Å². The van der Waals surface area contributed by atoms with Gasteiger partial charge in [0.25, 0.3) is 0 Å². The minimum atomic E-state index is 0.327. The average Bonchev–Trinajstić information content (AvgIpc) is 2.77. The SMILES string of the molecule is Clc1ccc(/C=N/Nc2nc(Nc3ccc(Cl)cc3)nc(N3CCOCC3)n2)cc1. The second-order valence-corrected chi connectivity index (χ2v) is 7.31. The first-order valence-electron chi connectivity index (χ1n) is 9.32. The molecule has 8 nitrogen and oxygen atoms in total.